The van der Waals surface area contributed by atoms with Crippen LogP contribution in [0.4, 0.5) is 11.8 Å². The molecule has 0 saturated carbocycles. The third-order valence-electron chi connectivity index (χ3n) is 3.97. The summed E-state index contributed by atoms with van der Waals surface area (Å²) in [5, 5.41) is 6.67. The maximum Gasteiger partial charge on any atom is 0.231 e. The van der Waals surface area contributed by atoms with Crippen molar-refractivity contribution in [1.29, 1.82) is 0 Å². The third-order valence-corrected chi connectivity index (χ3v) is 4.21. The zero-order chi connectivity index (χ0) is 16.9. The van der Waals surface area contributed by atoms with E-state index in [-0.39, 0.29) is 0 Å². The predicted molar refractivity (Wildman–Crippen MR) is 99.3 cm³/mol. The zero-order valence-corrected chi connectivity index (χ0v) is 14.9. The number of furan rings is 1. The summed E-state index contributed by atoms with van der Waals surface area (Å²) in [4.78, 5) is 11.3. The first-order chi connectivity index (χ1) is 11.6. The van der Waals surface area contributed by atoms with E-state index in [0.29, 0.717) is 17.6 Å². The van der Waals surface area contributed by atoms with Crippen molar-refractivity contribution >= 4 is 29.1 Å². The van der Waals surface area contributed by atoms with Crippen molar-refractivity contribution in [2.45, 2.75) is 39.7 Å². The lowest BCUT2D eigenvalue weighted by atomic mass is 10.1. The molecule has 128 valence electrons. The lowest BCUT2D eigenvalue weighted by Crippen LogP contribution is -2.32. The molecule has 3 heterocycles. The van der Waals surface area contributed by atoms with Crippen LogP contribution < -0.4 is 15.5 Å². The molecule has 3 rings (SSSR count). The molecule has 0 unspecified atom stereocenters. The van der Waals surface area contributed by atoms with Crippen LogP contribution in [0, 0.1) is 13.8 Å². The van der Waals surface area contributed by atoms with E-state index in [2.05, 4.69) is 25.5 Å². The highest BCUT2D eigenvalue weighted by Crippen LogP contribution is 2.19. The van der Waals surface area contributed by atoms with Gasteiger partial charge in [0.15, 0.2) is 5.11 Å². The summed E-state index contributed by atoms with van der Waals surface area (Å²) in [6, 6.07) is 5.89. The van der Waals surface area contributed by atoms with Crippen LogP contribution >= 0.6 is 12.2 Å². The van der Waals surface area contributed by atoms with Gasteiger partial charge in [0, 0.05) is 24.8 Å². The summed E-state index contributed by atoms with van der Waals surface area (Å²) in [5.74, 6) is 3.23. The molecule has 0 aliphatic carbocycles. The monoisotopic (exact) mass is 345 g/mol. The quantitative estimate of drug-likeness (QED) is 0.825. The molecule has 7 heteroatoms. The highest BCUT2D eigenvalue weighted by molar-refractivity contribution is 7.80. The Morgan fingerprint density at radius 2 is 2.00 bits per heavy atom. The molecule has 0 bridgehead atoms. The van der Waals surface area contributed by atoms with E-state index >= 15 is 0 Å². The van der Waals surface area contributed by atoms with Crippen molar-refractivity contribution in [2.75, 3.05) is 23.3 Å². The summed E-state index contributed by atoms with van der Waals surface area (Å²) in [7, 11) is 0. The van der Waals surface area contributed by atoms with Gasteiger partial charge in [0.1, 0.15) is 17.3 Å². The lowest BCUT2D eigenvalue weighted by Gasteiger charge is -2.28. The second kappa shape index (κ2) is 7.61. The van der Waals surface area contributed by atoms with E-state index in [1.807, 2.05) is 32.0 Å². The average Bonchev–Trinajstić information content (AvgIpc) is 2.99. The number of nitrogens with one attached hydrogen (secondary N) is 2. The van der Waals surface area contributed by atoms with Crippen molar-refractivity contribution in [1.82, 2.24) is 15.3 Å². The van der Waals surface area contributed by atoms with Crippen molar-refractivity contribution in [3.63, 3.8) is 0 Å². The van der Waals surface area contributed by atoms with Gasteiger partial charge < -0.3 is 20.0 Å². The van der Waals surface area contributed by atoms with E-state index in [9.17, 15) is 0 Å². The summed E-state index contributed by atoms with van der Waals surface area (Å²) < 4.78 is 5.51. The Morgan fingerprint density at radius 1 is 1.21 bits per heavy atom. The number of hydrogen-bond acceptors (Lipinski definition) is 5. The van der Waals surface area contributed by atoms with Crippen LogP contribution in [0.25, 0.3) is 0 Å². The molecule has 6 nitrogen and oxygen atoms in total. The van der Waals surface area contributed by atoms with Gasteiger partial charge in [-0.3, -0.25) is 0 Å². The Labute approximate surface area is 147 Å². The van der Waals surface area contributed by atoms with Gasteiger partial charge in [0.25, 0.3) is 0 Å². The summed E-state index contributed by atoms with van der Waals surface area (Å²) in [6.45, 7) is 6.53. The number of aryl methyl sites for hydroxylation is 2. The fourth-order valence-electron chi connectivity index (χ4n) is 2.79. The number of nitrogens with zero attached hydrogens (tertiary/aromatic N) is 3. The minimum Gasteiger partial charge on any atom is -0.465 e. The maximum absolute atomic E-state index is 5.51. The van der Waals surface area contributed by atoms with Gasteiger partial charge in [0.2, 0.25) is 5.95 Å². The summed E-state index contributed by atoms with van der Waals surface area (Å²) in [5.41, 5.74) is 0.928. The number of rotatable bonds is 4. The van der Waals surface area contributed by atoms with Crippen LogP contribution in [0.15, 0.2) is 22.6 Å². The predicted octanol–water partition coefficient (Wildman–Crippen LogP) is 3.16. The second-order valence-corrected chi connectivity index (χ2v) is 6.47. The molecular weight excluding hydrogens is 322 g/mol. The number of piperidine rings is 1. The minimum absolute atomic E-state index is 0.485. The van der Waals surface area contributed by atoms with E-state index in [1.54, 1.807) is 0 Å². The van der Waals surface area contributed by atoms with Gasteiger partial charge >= 0.3 is 0 Å². The molecule has 0 radical (unpaired) electrons. The number of anilines is 2. The molecule has 1 aliphatic rings. The topological polar surface area (TPSA) is 66.2 Å². The molecule has 1 fully saturated rings. The highest BCUT2D eigenvalue weighted by Gasteiger charge is 2.14. The summed E-state index contributed by atoms with van der Waals surface area (Å²) >= 11 is 5.33. The smallest absolute Gasteiger partial charge is 0.231 e. The summed E-state index contributed by atoms with van der Waals surface area (Å²) in [6.07, 6.45) is 3.73. The van der Waals surface area contributed by atoms with Crippen molar-refractivity contribution in [2.24, 2.45) is 0 Å². The standard InChI is InChI=1S/C17H23N5OS/c1-12-10-15(22-8-4-3-5-9-22)20-16(19-12)21-17(24)18-11-14-7-6-13(2)23-14/h6-7,10H,3-5,8-9,11H2,1-2H3,(H2,18,19,20,21,24). The first-order valence-corrected chi connectivity index (χ1v) is 8.72. The molecule has 2 aromatic heterocycles. The Morgan fingerprint density at radius 3 is 2.71 bits per heavy atom. The van der Waals surface area contributed by atoms with Gasteiger partial charge in [-0.1, -0.05) is 0 Å². The van der Waals surface area contributed by atoms with E-state index in [1.165, 1.54) is 19.3 Å². The minimum atomic E-state index is 0.485. The zero-order valence-electron chi connectivity index (χ0n) is 14.1. The highest BCUT2D eigenvalue weighted by atomic mass is 32.1. The maximum atomic E-state index is 5.51. The molecular formula is C17H23N5OS. The van der Waals surface area contributed by atoms with Gasteiger partial charge in [-0.25, -0.2) is 4.98 Å². The first-order valence-electron chi connectivity index (χ1n) is 8.31. The van der Waals surface area contributed by atoms with Gasteiger partial charge in [0.05, 0.1) is 6.54 Å². The molecule has 1 aliphatic heterocycles. The normalized spacial score (nSPS) is 14.5. The van der Waals surface area contributed by atoms with Crippen LogP contribution in [-0.2, 0) is 6.54 Å². The first kappa shape index (κ1) is 16.7. The Hall–Kier alpha value is -2.15. The lowest BCUT2D eigenvalue weighted by molar-refractivity contribution is 0.478. The van der Waals surface area contributed by atoms with Crippen LogP contribution in [0.2, 0.25) is 0 Å². The fraction of sp³-hybridized carbons (Fsp3) is 0.471. The van der Waals surface area contributed by atoms with Crippen LogP contribution in [0.5, 0.6) is 0 Å². The number of thiocarbonyl (C=S) groups is 1. The van der Waals surface area contributed by atoms with Crippen molar-refractivity contribution in [3.05, 3.63) is 35.4 Å². The Balaban J connectivity index is 1.61. The molecule has 0 aromatic carbocycles. The molecule has 2 aromatic rings. The Bertz CT molecular complexity index is 709. The molecule has 24 heavy (non-hydrogen) atoms. The van der Waals surface area contributed by atoms with Crippen LogP contribution in [0.3, 0.4) is 0 Å². The Kier molecular flexibility index (Phi) is 5.30. The van der Waals surface area contributed by atoms with Crippen molar-refractivity contribution in [3.8, 4) is 0 Å². The van der Waals surface area contributed by atoms with Crippen LogP contribution in [-0.4, -0.2) is 28.2 Å². The third kappa shape index (κ3) is 4.44. The molecule has 2 N–H and O–H groups in total. The number of aromatic nitrogens is 2. The van der Waals surface area contributed by atoms with E-state index < -0.39 is 0 Å². The van der Waals surface area contributed by atoms with Gasteiger partial charge in [-0.05, 0) is 57.5 Å². The van der Waals surface area contributed by atoms with Crippen molar-refractivity contribution < 1.29 is 4.42 Å². The van der Waals surface area contributed by atoms with E-state index in [4.69, 9.17) is 16.6 Å². The SMILES string of the molecule is Cc1cc(N2CCCCC2)nc(NC(=S)NCc2ccc(C)o2)n1. The fourth-order valence-corrected chi connectivity index (χ4v) is 2.95. The molecule has 0 spiro atoms. The number of hydrogen-bond donors (Lipinski definition) is 2. The molecule has 0 amide bonds. The van der Waals surface area contributed by atoms with Crippen LogP contribution in [0.1, 0.15) is 36.5 Å². The average molecular weight is 345 g/mol. The van der Waals surface area contributed by atoms with Gasteiger partial charge in [-0.2, -0.15) is 4.98 Å². The van der Waals surface area contributed by atoms with E-state index in [0.717, 1.165) is 36.1 Å². The molecule has 1 saturated heterocycles. The molecule has 0 atom stereocenters. The van der Waals surface area contributed by atoms with Gasteiger partial charge in [-0.15, -0.1) is 0 Å². The largest absolute Gasteiger partial charge is 0.465 e. The second-order valence-electron chi connectivity index (χ2n) is 6.06.